The van der Waals surface area contributed by atoms with E-state index in [1.807, 2.05) is 6.07 Å². The van der Waals surface area contributed by atoms with Gasteiger partial charge in [-0.1, -0.05) is 18.2 Å². The van der Waals surface area contributed by atoms with Gasteiger partial charge in [-0.2, -0.15) is 9.41 Å². The van der Waals surface area contributed by atoms with Crippen LogP contribution in [0, 0.1) is 0 Å². The van der Waals surface area contributed by atoms with Gasteiger partial charge in [0.25, 0.3) is 0 Å². The number of anilines is 1. The largest absolute Gasteiger partial charge is 0.461 e. The molecule has 1 aromatic rings. The minimum Gasteiger partial charge on any atom is -0.461 e. The first-order valence-corrected chi connectivity index (χ1v) is 11.5. The predicted octanol–water partition coefficient (Wildman–Crippen LogP) is -0.0374. The number of hydrogen-bond donors (Lipinski definition) is 1. The lowest BCUT2D eigenvalue weighted by molar-refractivity contribution is -0.135. The summed E-state index contributed by atoms with van der Waals surface area (Å²) >= 11 is 0. The third kappa shape index (κ3) is 5.35. The van der Waals surface area contributed by atoms with Crippen molar-refractivity contribution in [3.8, 4) is 0 Å². The van der Waals surface area contributed by atoms with Crippen LogP contribution in [0.15, 0.2) is 35.4 Å². The highest BCUT2D eigenvalue weighted by Gasteiger charge is 2.37. The van der Waals surface area contributed by atoms with Crippen LogP contribution in [0.4, 0.5) is 5.69 Å². The molecule has 1 fully saturated rings. The Morgan fingerprint density at radius 2 is 1.93 bits per heavy atom. The summed E-state index contributed by atoms with van der Waals surface area (Å²) < 4.78 is 36.4. The fraction of sp³-hybridized carbons (Fsp3) is 0.526. The molecule has 1 aromatic carbocycles. The number of hydrazone groups is 1. The first-order valence-electron chi connectivity index (χ1n) is 9.84. The highest BCUT2D eigenvalue weighted by Crippen LogP contribution is 2.25. The minimum atomic E-state index is -3.48. The van der Waals surface area contributed by atoms with Gasteiger partial charge < -0.3 is 14.8 Å². The van der Waals surface area contributed by atoms with E-state index in [1.54, 1.807) is 31.2 Å². The van der Waals surface area contributed by atoms with E-state index in [9.17, 15) is 18.0 Å². The molecule has 1 unspecified atom stereocenters. The summed E-state index contributed by atoms with van der Waals surface area (Å²) in [5, 5.41) is 8.42. The molecule has 0 saturated carbocycles. The average molecular weight is 439 g/mol. The molecule has 2 aliphatic rings. The fourth-order valence-corrected chi connectivity index (χ4v) is 4.57. The SMILES string of the molecule is CCOC(=O)C1=NN(c2ccccc2)C(C(=O)NCCS(=O)(=O)N2CCOCC2)C1. The van der Waals surface area contributed by atoms with Crippen LogP contribution >= 0.6 is 0 Å². The van der Waals surface area contributed by atoms with Crippen molar-refractivity contribution in [1.29, 1.82) is 0 Å². The lowest BCUT2D eigenvalue weighted by atomic mass is 10.1. The van der Waals surface area contributed by atoms with Crippen molar-refractivity contribution in [2.24, 2.45) is 5.10 Å². The smallest absolute Gasteiger partial charge is 0.354 e. The number of nitrogens with one attached hydrogen (secondary N) is 1. The number of benzene rings is 1. The molecule has 3 rings (SSSR count). The Hall–Kier alpha value is -2.50. The highest BCUT2D eigenvalue weighted by molar-refractivity contribution is 7.89. The van der Waals surface area contributed by atoms with Gasteiger partial charge in [-0.15, -0.1) is 0 Å². The van der Waals surface area contributed by atoms with Crippen molar-refractivity contribution >= 4 is 33.3 Å². The van der Waals surface area contributed by atoms with Gasteiger partial charge in [-0.3, -0.25) is 9.80 Å². The first kappa shape index (κ1) is 22.2. The van der Waals surface area contributed by atoms with Gasteiger partial charge in [0.05, 0.1) is 31.3 Å². The Labute approximate surface area is 175 Å². The van der Waals surface area contributed by atoms with Crippen molar-refractivity contribution in [2.75, 3.05) is 50.2 Å². The van der Waals surface area contributed by atoms with Crippen LogP contribution in [0.2, 0.25) is 0 Å². The Kier molecular flexibility index (Phi) is 7.40. The number of hydrogen-bond acceptors (Lipinski definition) is 8. The van der Waals surface area contributed by atoms with Crippen molar-refractivity contribution in [3.05, 3.63) is 30.3 Å². The van der Waals surface area contributed by atoms with E-state index in [0.717, 1.165) is 0 Å². The molecule has 0 bridgehead atoms. The van der Waals surface area contributed by atoms with Crippen LogP contribution in [0.1, 0.15) is 13.3 Å². The van der Waals surface area contributed by atoms with Crippen molar-refractivity contribution in [1.82, 2.24) is 9.62 Å². The molecule has 10 nitrogen and oxygen atoms in total. The number of carbonyl (C=O) groups is 2. The maximum atomic E-state index is 12.8. The zero-order valence-corrected chi connectivity index (χ0v) is 17.6. The molecule has 1 N–H and O–H groups in total. The summed E-state index contributed by atoms with van der Waals surface area (Å²) in [6, 6.07) is 8.23. The Bertz CT molecular complexity index is 884. The standard InChI is InChI=1S/C19H26N4O6S/c1-2-29-19(25)16-14-17(23(21-16)15-6-4-3-5-7-15)18(24)20-8-13-30(26,27)22-9-11-28-12-10-22/h3-7,17H,2,8-14H2,1H3,(H,20,24). The lowest BCUT2D eigenvalue weighted by Gasteiger charge is -2.26. The van der Waals surface area contributed by atoms with E-state index in [0.29, 0.717) is 32.0 Å². The molecular formula is C19H26N4O6S. The predicted molar refractivity (Wildman–Crippen MR) is 111 cm³/mol. The number of esters is 1. The normalized spacial score (nSPS) is 20.0. The molecule has 0 radical (unpaired) electrons. The van der Waals surface area contributed by atoms with Crippen LogP contribution < -0.4 is 10.3 Å². The van der Waals surface area contributed by atoms with Gasteiger partial charge in [-0.25, -0.2) is 13.2 Å². The van der Waals surface area contributed by atoms with Crippen molar-refractivity contribution in [3.63, 3.8) is 0 Å². The van der Waals surface area contributed by atoms with E-state index in [2.05, 4.69) is 10.4 Å². The van der Waals surface area contributed by atoms with E-state index in [1.165, 1.54) is 9.31 Å². The summed E-state index contributed by atoms with van der Waals surface area (Å²) in [6.45, 7) is 3.24. The van der Waals surface area contributed by atoms with Crippen LogP contribution in [0.3, 0.4) is 0 Å². The molecular weight excluding hydrogens is 412 g/mol. The number of para-hydroxylation sites is 1. The summed E-state index contributed by atoms with van der Waals surface area (Å²) in [5.41, 5.74) is 0.805. The number of morpholine rings is 1. The molecule has 2 aliphatic heterocycles. The van der Waals surface area contributed by atoms with Crippen LogP contribution in [-0.2, 0) is 29.1 Å². The van der Waals surface area contributed by atoms with Gasteiger partial charge in [0.15, 0.2) is 0 Å². The number of sulfonamides is 1. The summed E-state index contributed by atoms with van der Waals surface area (Å²) in [6.07, 6.45) is 0.0791. The number of rotatable bonds is 8. The van der Waals surface area contributed by atoms with Crippen LogP contribution in [0.5, 0.6) is 0 Å². The average Bonchev–Trinajstić information content (AvgIpc) is 3.21. The van der Waals surface area contributed by atoms with E-state index in [-0.39, 0.29) is 31.0 Å². The lowest BCUT2D eigenvalue weighted by Crippen LogP contribution is -2.46. The molecule has 30 heavy (non-hydrogen) atoms. The molecule has 1 saturated heterocycles. The molecule has 11 heteroatoms. The fourth-order valence-electron chi connectivity index (χ4n) is 3.25. The molecule has 2 heterocycles. The maximum Gasteiger partial charge on any atom is 0.354 e. The van der Waals surface area contributed by atoms with Gasteiger partial charge in [0.2, 0.25) is 15.9 Å². The van der Waals surface area contributed by atoms with Gasteiger partial charge in [0.1, 0.15) is 11.8 Å². The van der Waals surface area contributed by atoms with E-state index < -0.39 is 27.9 Å². The molecule has 164 valence electrons. The summed E-state index contributed by atoms with van der Waals surface area (Å²) in [5.74, 6) is -1.18. The van der Waals surface area contributed by atoms with Gasteiger partial charge in [0, 0.05) is 26.1 Å². The highest BCUT2D eigenvalue weighted by atomic mass is 32.2. The van der Waals surface area contributed by atoms with Crippen molar-refractivity contribution in [2.45, 2.75) is 19.4 Å². The van der Waals surface area contributed by atoms with Crippen molar-refractivity contribution < 1.29 is 27.5 Å². The zero-order valence-electron chi connectivity index (χ0n) is 16.8. The molecule has 1 atom stereocenters. The first-order chi connectivity index (χ1) is 14.4. The van der Waals surface area contributed by atoms with E-state index in [4.69, 9.17) is 9.47 Å². The third-order valence-corrected chi connectivity index (χ3v) is 6.64. The number of ether oxygens (including phenoxy) is 2. The van der Waals surface area contributed by atoms with Gasteiger partial charge in [-0.05, 0) is 19.1 Å². The molecule has 1 amide bonds. The van der Waals surface area contributed by atoms with Crippen LogP contribution in [-0.4, -0.2) is 81.6 Å². The topological polar surface area (TPSA) is 118 Å². The number of amides is 1. The molecule has 0 spiro atoms. The zero-order chi connectivity index (χ0) is 21.6. The monoisotopic (exact) mass is 438 g/mol. The van der Waals surface area contributed by atoms with Crippen LogP contribution in [0.25, 0.3) is 0 Å². The molecule has 0 aromatic heterocycles. The van der Waals surface area contributed by atoms with E-state index >= 15 is 0 Å². The summed E-state index contributed by atoms with van der Waals surface area (Å²) in [7, 11) is -3.48. The third-order valence-electron chi connectivity index (χ3n) is 4.77. The summed E-state index contributed by atoms with van der Waals surface area (Å²) in [4.78, 5) is 24.9. The second-order valence-electron chi connectivity index (χ2n) is 6.79. The quantitative estimate of drug-likeness (QED) is 0.566. The van der Waals surface area contributed by atoms with Gasteiger partial charge >= 0.3 is 5.97 Å². The Balaban J connectivity index is 1.64. The minimum absolute atomic E-state index is 0.0353. The number of carbonyl (C=O) groups excluding carboxylic acids is 2. The second-order valence-corrected chi connectivity index (χ2v) is 8.87. The Morgan fingerprint density at radius 3 is 2.60 bits per heavy atom. The Morgan fingerprint density at radius 1 is 1.23 bits per heavy atom. The maximum absolute atomic E-state index is 12.8. The molecule has 0 aliphatic carbocycles. The second kappa shape index (κ2) is 10.0. The number of nitrogens with zero attached hydrogens (tertiary/aromatic N) is 3.